The minimum atomic E-state index is 0. The standard InChI is InChI=1S/Ba.3H2O.Sn.4H/h;3*1H2;;;;;/q+2;;;;;;;2*-1. The van der Waals surface area contributed by atoms with Crippen molar-refractivity contribution in [2.45, 2.75) is 0 Å². The van der Waals surface area contributed by atoms with Crippen LogP contribution in [-0.4, -0.2) is 89.2 Å². The SMILES string of the molecule is O.O.O.[Ba+2].[H-].[H-].[SnH2]. The van der Waals surface area contributed by atoms with E-state index in [2.05, 4.69) is 0 Å². The molecule has 2 radical (unpaired) electrons. The van der Waals surface area contributed by atoms with Gasteiger partial charge in [-0.1, -0.05) is 0 Å². The molecule has 6 N–H and O–H groups in total. The van der Waals surface area contributed by atoms with E-state index in [1.165, 1.54) is 0 Å². The van der Waals surface area contributed by atoms with Crippen molar-refractivity contribution in [2.75, 3.05) is 0 Å². The van der Waals surface area contributed by atoms with Crippen molar-refractivity contribution >= 4 is 72.8 Å². The molecule has 3 nitrogen and oxygen atoms in total. The van der Waals surface area contributed by atoms with Crippen molar-refractivity contribution in [3.8, 4) is 0 Å². The van der Waals surface area contributed by atoms with Gasteiger partial charge in [0.05, 0.1) is 0 Å². The van der Waals surface area contributed by atoms with E-state index in [-0.39, 0.29) is 92.1 Å². The van der Waals surface area contributed by atoms with E-state index in [1.54, 1.807) is 0 Å². The van der Waals surface area contributed by atoms with Crippen LogP contribution in [0, 0.1) is 0 Å². The first-order valence-electron chi connectivity index (χ1n) is 0. The normalized spacial score (nSPS) is 0. The summed E-state index contributed by atoms with van der Waals surface area (Å²) in [5.74, 6) is 0. The Morgan fingerprint density at radius 1 is 0.800 bits per heavy atom. The van der Waals surface area contributed by atoms with Gasteiger partial charge in [-0.3, -0.25) is 0 Å². The Morgan fingerprint density at radius 3 is 0.800 bits per heavy atom. The molecule has 0 heterocycles. The maximum atomic E-state index is 0. The van der Waals surface area contributed by atoms with Crippen molar-refractivity contribution in [3.63, 3.8) is 0 Å². The van der Waals surface area contributed by atoms with Crippen molar-refractivity contribution in [2.24, 2.45) is 0 Å². The number of rotatable bonds is 0. The molecule has 5 heavy (non-hydrogen) atoms. The summed E-state index contributed by atoms with van der Waals surface area (Å²) in [5, 5.41) is 0. The van der Waals surface area contributed by atoms with Gasteiger partial charge in [0.15, 0.2) is 0 Å². The van der Waals surface area contributed by atoms with Crippen molar-refractivity contribution in [1.82, 2.24) is 0 Å². The second-order valence-electron chi connectivity index (χ2n) is 0. The molecule has 0 fully saturated rings. The summed E-state index contributed by atoms with van der Waals surface area (Å²) in [7, 11) is 0. The van der Waals surface area contributed by atoms with Crippen molar-refractivity contribution in [3.05, 3.63) is 0 Å². The molecule has 0 aromatic carbocycles. The number of hydrogen-bond donors (Lipinski definition) is 0. The van der Waals surface area contributed by atoms with Crippen LogP contribution in [0.5, 0.6) is 0 Å². The monoisotopic (exact) mass is 316 g/mol. The summed E-state index contributed by atoms with van der Waals surface area (Å²) >= 11 is 0. The average molecular weight is 314 g/mol. The molecule has 0 aromatic heterocycles. The van der Waals surface area contributed by atoms with Crippen molar-refractivity contribution < 1.29 is 19.3 Å². The van der Waals surface area contributed by atoms with Crippen LogP contribution in [0.2, 0.25) is 0 Å². The van der Waals surface area contributed by atoms with Crippen LogP contribution < -0.4 is 0 Å². The molecule has 0 spiro atoms. The van der Waals surface area contributed by atoms with Gasteiger partial charge in [0.2, 0.25) is 0 Å². The van der Waals surface area contributed by atoms with Gasteiger partial charge in [-0.15, -0.1) is 0 Å². The van der Waals surface area contributed by atoms with E-state index in [4.69, 9.17) is 0 Å². The Labute approximate surface area is 90.4 Å². The molecular weight excluding hydrogens is 304 g/mol. The Kier molecular flexibility index (Phi) is 381. The van der Waals surface area contributed by atoms with Crippen LogP contribution in [-0.2, 0) is 0 Å². The van der Waals surface area contributed by atoms with Gasteiger partial charge < -0.3 is 19.3 Å². The summed E-state index contributed by atoms with van der Waals surface area (Å²) in [6, 6.07) is 0. The molecule has 0 aliphatic heterocycles. The van der Waals surface area contributed by atoms with Crippen LogP contribution >= 0.6 is 0 Å². The molecular formula is H10BaO3Sn. The van der Waals surface area contributed by atoms with E-state index >= 15 is 0 Å². The minimum absolute atomic E-state index is 0. The topological polar surface area (TPSA) is 94.5 Å². The second kappa shape index (κ2) is 34.0. The summed E-state index contributed by atoms with van der Waals surface area (Å²) in [6.45, 7) is 0. The van der Waals surface area contributed by atoms with Gasteiger partial charge in [-0.05, 0) is 0 Å². The van der Waals surface area contributed by atoms with E-state index in [0.29, 0.717) is 0 Å². The first-order chi connectivity index (χ1) is 0. The van der Waals surface area contributed by atoms with Gasteiger partial charge in [0, 0.05) is 0 Å². The fourth-order valence-corrected chi connectivity index (χ4v) is 0. The van der Waals surface area contributed by atoms with Crippen LogP contribution in [0.3, 0.4) is 0 Å². The van der Waals surface area contributed by atoms with Crippen LogP contribution in [0.15, 0.2) is 0 Å². The quantitative estimate of drug-likeness (QED) is 0.414. The summed E-state index contributed by atoms with van der Waals surface area (Å²) in [6.07, 6.45) is 0. The Bertz CT molecular complexity index is 12.9. The van der Waals surface area contributed by atoms with Crippen LogP contribution in [0.25, 0.3) is 0 Å². The molecule has 0 atom stereocenters. The van der Waals surface area contributed by atoms with E-state index < -0.39 is 0 Å². The maximum absolute atomic E-state index is 0. The number of hydrogen-bond acceptors (Lipinski definition) is 0. The van der Waals surface area contributed by atoms with E-state index in [9.17, 15) is 0 Å². The van der Waals surface area contributed by atoms with Crippen LogP contribution in [0.1, 0.15) is 2.85 Å². The fourth-order valence-electron chi connectivity index (χ4n) is 0. The molecule has 34 valence electrons. The summed E-state index contributed by atoms with van der Waals surface area (Å²) in [5.41, 5.74) is 0. The van der Waals surface area contributed by atoms with Crippen molar-refractivity contribution in [1.29, 1.82) is 0 Å². The molecule has 0 saturated carbocycles. The molecule has 0 unspecified atom stereocenters. The Morgan fingerprint density at radius 2 is 0.800 bits per heavy atom. The molecule has 0 aliphatic carbocycles. The molecule has 0 saturated heterocycles. The summed E-state index contributed by atoms with van der Waals surface area (Å²) < 4.78 is 0. The zero-order chi connectivity index (χ0) is 0. The van der Waals surface area contributed by atoms with Gasteiger partial charge in [0.25, 0.3) is 0 Å². The second-order valence-corrected chi connectivity index (χ2v) is 0. The third kappa shape index (κ3) is 22.3. The predicted molar refractivity (Wildman–Crippen MR) is 27.4 cm³/mol. The Hall–Kier alpha value is 2.25. The van der Waals surface area contributed by atoms with Gasteiger partial charge >= 0.3 is 72.8 Å². The third-order valence-corrected chi connectivity index (χ3v) is 0. The van der Waals surface area contributed by atoms with E-state index in [0.717, 1.165) is 0 Å². The third-order valence-electron chi connectivity index (χ3n) is 0. The zero-order valence-corrected chi connectivity index (χ0v) is 11.4. The first kappa shape index (κ1) is 55.9. The molecule has 0 aliphatic rings. The molecule has 0 rings (SSSR count). The summed E-state index contributed by atoms with van der Waals surface area (Å²) in [4.78, 5) is 0. The first-order valence-corrected chi connectivity index (χ1v) is 0. The van der Waals surface area contributed by atoms with Crippen LogP contribution in [0.4, 0.5) is 0 Å². The average Bonchev–Trinajstić information content (AvgIpc) is 0. The zero-order valence-electron chi connectivity index (χ0n) is 4.91. The molecule has 0 bridgehead atoms. The van der Waals surface area contributed by atoms with Gasteiger partial charge in [-0.2, -0.15) is 0 Å². The molecule has 5 heteroatoms. The van der Waals surface area contributed by atoms with Gasteiger partial charge in [-0.25, -0.2) is 0 Å². The molecule has 0 amide bonds. The molecule has 0 aromatic rings. The van der Waals surface area contributed by atoms with E-state index in [1.807, 2.05) is 0 Å². The Balaban J connectivity index is 0. The van der Waals surface area contributed by atoms with Gasteiger partial charge in [0.1, 0.15) is 0 Å². The fraction of sp³-hybridized carbons (Fsp3) is 0. The predicted octanol–water partition coefficient (Wildman–Crippen LogP) is -3.55.